The van der Waals surface area contributed by atoms with E-state index in [1.54, 1.807) is 6.20 Å². The fraction of sp³-hybridized carbons (Fsp3) is 0.636. The Morgan fingerprint density at radius 1 is 1.26 bits per heavy atom. The predicted octanol–water partition coefficient (Wildman–Crippen LogP) is 4.26. The summed E-state index contributed by atoms with van der Waals surface area (Å²) >= 11 is 6.28. The largest absolute Gasteiger partial charge is 0.476 e. The number of anilines is 2. The zero-order chi connectivity index (χ0) is 21.8. The Hall–Kier alpha value is -2.37. The Balaban J connectivity index is 1.34. The number of aromatic nitrogens is 4. The molecule has 0 bridgehead atoms. The van der Waals surface area contributed by atoms with E-state index in [1.807, 2.05) is 24.9 Å². The van der Waals surface area contributed by atoms with Crippen LogP contribution in [0.3, 0.4) is 0 Å². The summed E-state index contributed by atoms with van der Waals surface area (Å²) in [5.74, 6) is 2.30. The normalized spacial score (nSPS) is 25.5. The number of nitrogens with one attached hydrogen (secondary N) is 2. The summed E-state index contributed by atoms with van der Waals surface area (Å²) in [4.78, 5) is 8.78. The van der Waals surface area contributed by atoms with Gasteiger partial charge in [-0.15, -0.1) is 0 Å². The molecule has 0 unspecified atom stereocenters. The zero-order valence-corrected chi connectivity index (χ0v) is 18.9. The lowest BCUT2D eigenvalue weighted by Gasteiger charge is -2.30. The van der Waals surface area contributed by atoms with E-state index >= 15 is 0 Å². The molecule has 0 saturated heterocycles. The molecule has 2 saturated carbocycles. The first-order valence-electron chi connectivity index (χ1n) is 11.1. The molecule has 9 heteroatoms. The van der Waals surface area contributed by atoms with Gasteiger partial charge < -0.3 is 15.4 Å². The Morgan fingerprint density at radius 2 is 2.00 bits per heavy atom. The number of rotatable bonds is 8. The second-order valence-corrected chi connectivity index (χ2v) is 9.19. The number of nitrogens with zero attached hydrogens (tertiary/aromatic N) is 5. The van der Waals surface area contributed by atoms with Crippen LogP contribution in [-0.2, 0) is 0 Å². The first-order chi connectivity index (χ1) is 15.1. The van der Waals surface area contributed by atoms with E-state index in [-0.39, 0.29) is 12.0 Å². The summed E-state index contributed by atoms with van der Waals surface area (Å²) in [6.07, 6.45) is 10.0. The molecule has 2 N–H and O–H groups in total. The minimum atomic E-state index is 0.142. The van der Waals surface area contributed by atoms with Crippen LogP contribution < -0.4 is 15.4 Å². The van der Waals surface area contributed by atoms with Crippen LogP contribution in [-0.4, -0.2) is 39.9 Å². The summed E-state index contributed by atoms with van der Waals surface area (Å²) in [5, 5.41) is 20.5. The lowest BCUT2D eigenvalue weighted by molar-refractivity contribution is 0.178. The summed E-state index contributed by atoms with van der Waals surface area (Å²) in [6, 6.07) is 2.60. The van der Waals surface area contributed by atoms with Crippen LogP contribution in [0.2, 0.25) is 5.02 Å². The minimum Gasteiger partial charge on any atom is -0.476 e. The van der Waals surface area contributed by atoms with Crippen LogP contribution >= 0.6 is 11.6 Å². The molecular weight excluding hydrogens is 414 g/mol. The van der Waals surface area contributed by atoms with Crippen molar-refractivity contribution in [2.75, 3.05) is 25.5 Å². The molecule has 0 atom stereocenters. The van der Waals surface area contributed by atoms with Crippen molar-refractivity contribution in [1.29, 1.82) is 5.26 Å². The predicted molar refractivity (Wildman–Crippen MR) is 120 cm³/mol. The van der Waals surface area contributed by atoms with E-state index < -0.39 is 0 Å². The number of halogens is 1. The molecule has 0 aliphatic heterocycles. The van der Waals surface area contributed by atoms with Gasteiger partial charge in [0.05, 0.1) is 42.2 Å². The highest BCUT2D eigenvalue weighted by Crippen LogP contribution is 2.38. The maximum atomic E-state index is 8.98. The second-order valence-electron chi connectivity index (χ2n) is 8.79. The highest BCUT2D eigenvalue weighted by Gasteiger charge is 2.31. The molecule has 0 radical (unpaired) electrons. The number of ether oxygens (including phenoxy) is 1. The van der Waals surface area contributed by atoms with E-state index in [1.165, 1.54) is 25.7 Å². The molecule has 166 valence electrons. The number of hydrogen-bond acceptors (Lipinski definition) is 7. The van der Waals surface area contributed by atoms with Crippen molar-refractivity contribution in [3.05, 3.63) is 23.1 Å². The van der Waals surface area contributed by atoms with Gasteiger partial charge in [0.15, 0.2) is 0 Å². The molecule has 2 fully saturated rings. The third-order valence-electron chi connectivity index (χ3n) is 6.46. The van der Waals surface area contributed by atoms with Crippen LogP contribution in [0.5, 0.6) is 5.88 Å². The van der Waals surface area contributed by atoms with Crippen molar-refractivity contribution in [2.24, 2.45) is 17.8 Å². The average Bonchev–Trinajstić information content (AvgIpc) is 3.08. The molecular formula is C22H30ClN7O. The van der Waals surface area contributed by atoms with Crippen LogP contribution in [0.4, 0.5) is 11.6 Å². The molecule has 2 aromatic heterocycles. The van der Waals surface area contributed by atoms with E-state index in [9.17, 15) is 0 Å². The van der Waals surface area contributed by atoms with Crippen molar-refractivity contribution >= 4 is 23.2 Å². The van der Waals surface area contributed by atoms with Gasteiger partial charge in [0.25, 0.3) is 0 Å². The highest BCUT2D eigenvalue weighted by atomic mass is 35.5. The number of hydrogen-bond donors (Lipinski definition) is 2. The molecule has 2 aliphatic carbocycles. The number of nitriles is 1. The van der Waals surface area contributed by atoms with Gasteiger partial charge in [0.2, 0.25) is 11.8 Å². The Labute approximate surface area is 188 Å². The van der Waals surface area contributed by atoms with Crippen molar-refractivity contribution in [2.45, 2.75) is 51.5 Å². The molecule has 0 spiro atoms. The van der Waals surface area contributed by atoms with Crippen molar-refractivity contribution < 1.29 is 4.74 Å². The number of aryl methyl sites for hydroxylation is 1. The van der Waals surface area contributed by atoms with E-state index in [4.69, 9.17) is 21.6 Å². The van der Waals surface area contributed by atoms with Crippen molar-refractivity contribution in [3.63, 3.8) is 0 Å². The van der Waals surface area contributed by atoms with Crippen molar-refractivity contribution in [1.82, 2.24) is 25.1 Å². The smallest absolute Gasteiger partial charge is 0.237 e. The van der Waals surface area contributed by atoms with E-state index in [0.717, 1.165) is 36.7 Å². The Bertz CT molecular complexity index is 926. The van der Waals surface area contributed by atoms with Crippen LogP contribution in [0, 0.1) is 36.0 Å². The molecule has 0 aromatic carbocycles. The van der Waals surface area contributed by atoms with Gasteiger partial charge in [0, 0.05) is 6.20 Å². The topological polar surface area (TPSA) is 101 Å². The van der Waals surface area contributed by atoms with Gasteiger partial charge in [-0.3, -0.25) is 4.68 Å². The van der Waals surface area contributed by atoms with Crippen LogP contribution in [0.15, 0.2) is 12.4 Å². The van der Waals surface area contributed by atoms with Crippen LogP contribution in [0.25, 0.3) is 0 Å². The van der Waals surface area contributed by atoms with E-state index in [0.29, 0.717) is 29.4 Å². The van der Waals surface area contributed by atoms with E-state index in [2.05, 4.69) is 31.8 Å². The van der Waals surface area contributed by atoms with Crippen LogP contribution in [0.1, 0.15) is 50.3 Å². The Morgan fingerprint density at radius 3 is 2.71 bits per heavy atom. The first-order valence-corrected chi connectivity index (χ1v) is 11.5. The van der Waals surface area contributed by atoms with Crippen molar-refractivity contribution in [3.8, 4) is 11.9 Å². The molecule has 2 aromatic rings. The summed E-state index contributed by atoms with van der Waals surface area (Å²) in [5.41, 5.74) is 1.70. The highest BCUT2D eigenvalue weighted by molar-refractivity contribution is 6.31. The fourth-order valence-corrected chi connectivity index (χ4v) is 4.57. The third-order valence-corrected chi connectivity index (χ3v) is 6.72. The van der Waals surface area contributed by atoms with Gasteiger partial charge in [-0.05, 0) is 70.9 Å². The summed E-state index contributed by atoms with van der Waals surface area (Å²) < 4.78 is 7.92. The minimum absolute atomic E-state index is 0.142. The quantitative estimate of drug-likeness (QED) is 0.628. The molecule has 31 heavy (non-hydrogen) atoms. The molecule has 2 heterocycles. The lowest BCUT2D eigenvalue weighted by atomic mass is 9.81. The second kappa shape index (κ2) is 9.84. The summed E-state index contributed by atoms with van der Waals surface area (Å²) in [7, 11) is 2.02. The van der Waals surface area contributed by atoms with Gasteiger partial charge in [-0.2, -0.15) is 15.3 Å². The lowest BCUT2D eigenvalue weighted by Crippen LogP contribution is -2.26. The maximum Gasteiger partial charge on any atom is 0.237 e. The standard InChI is InChI=1S/C22H30ClN7O/c1-14-20(12-30(29-14)18-7-17(8-18)9-24)27-22-26-11-19(23)21(28-22)31-13-16-5-3-15(4-6-16)10-25-2/h11-12,15-18,25H,3-8,10,13H2,1-2H3,(H,26,27,28)/t15-,16-,17?,18?. The SMILES string of the molecule is CNC[C@H]1CC[C@H](COc2nc(Nc3cn(C4CC(C#N)C4)nc3C)ncc2Cl)CC1. The molecule has 8 nitrogen and oxygen atoms in total. The summed E-state index contributed by atoms with van der Waals surface area (Å²) in [6.45, 7) is 3.66. The molecule has 2 aliphatic rings. The molecule has 4 rings (SSSR count). The fourth-order valence-electron chi connectivity index (χ4n) is 4.42. The average molecular weight is 444 g/mol. The van der Waals surface area contributed by atoms with Gasteiger partial charge in [0.1, 0.15) is 5.02 Å². The first kappa shape index (κ1) is 21.8. The third kappa shape index (κ3) is 5.28. The maximum absolute atomic E-state index is 8.98. The Kier molecular flexibility index (Phi) is 6.93. The zero-order valence-electron chi connectivity index (χ0n) is 18.1. The van der Waals surface area contributed by atoms with Gasteiger partial charge in [-0.25, -0.2) is 4.98 Å². The van der Waals surface area contributed by atoms with Gasteiger partial charge >= 0.3 is 0 Å². The monoisotopic (exact) mass is 443 g/mol. The molecule has 0 amide bonds. The van der Waals surface area contributed by atoms with Gasteiger partial charge in [-0.1, -0.05) is 11.6 Å².